The van der Waals surface area contributed by atoms with Crippen molar-refractivity contribution in [1.82, 2.24) is 4.98 Å². The summed E-state index contributed by atoms with van der Waals surface area (Å²) in [6, 6.07) is 13.2. The molecule has 0 atom stereocenters. The Kier molecular flexibility index (Phi) is 5.05. The maximum absolute atomic E-state index is 12.7. The molecule has 27 heavy (non-hydrogen) atoms. The summed E-state index contributed by atoms with van der Waals surface area (Å²) in [4.78, 5) is 32.7. The third-order valence-electron chi connectivity index (χ3n) is 5.33. The number of carbonyl (C=O) groups is 2. The minimum atomic E-state index is -0.0771. The van der Waals surface area contributed by atoms with Crippen molar-refractivity contribution in [2.45, 2.75) is 32.1 Å². The third kappa shape index (κ3) is 3.94. The van der Waals surface area contributed by atoms with Gasteiger partial charge in [-0.1, -0.05) is 31.0 Å². The van der Waals surface area contributed by atoms with Crippen LogP contribution in [-0.2, 0) is 4.79 Å². The number of para-hydroxylation sites is 1. The summed E-state index contributed by atoms with van der Waals surface area (Å²) in [7, 11) is 0. The van der Waals surface area contributed by atoms with E-state index in [-0.39, 0.29) is 11.9 Å². The van der Waals surface area contributed by atoms with Crippen molar-refractivity contribution in [2.75, 3.05) is 28.2 Å². The molecule has 4 rings (SSSR count). The standard InChI is InChI=1S/C21H24N4O2/c26-20(14-16-6-4-5-7-16)23-17-10-11-19(22-15-17)25-13-12-24(21(25)27)18-8-2-1-3-9-18/h1-3,8-11,15-16H,4-7,12-14H2,(H,23,26). The second-order valence-corrected chi connectivity index (χ2v) is 7.23. The zero-order valence-electron chi connectivity index (χ0n) is 15.3. The highest BCUT2D eigenvalue weighted by Gasteiger charge is 2.31. The highest BCUT2D eigenvalue weighted by Crippen LogP contribution is 2.28. The van der Waals surface area contributed by atoms with E-state index < -0.39 is 0 Å². The Morgan fingerprint density at radius 3 is 2.48 bits per heavy atom. The van der Waals surface area contributed by atoms with Crippen LogP contribution in [0.5, 0.6) is 0 Å². The molecular formula is C21H24N4O2. The summed E-state index contributed by atoms with van der Waals surface area (Å²) in [5, 5.41) is 2.92. The zero-order valence-corrected chi connectivity index (χ0v) is 15.3. The lowest BCUT2D eigenvalue weighted by atomic mass is 10.0. The van der Waals surface area contributed by atoms with Gasteiger partial charge in [-0.2, -0.15) is 0 Å². The van der Waals surface area contributed by atoms with Crippen LogP contribution in [-0.4, -0.2) is 30.0 Å². The summed E-state index contributed by atoms with van der Waals surface area (Å²) >= 11 is 0. The molecule has 1 saturated heterocycles. The van der Waals surface area contributed by atoms with Crippen LogP contribution in [0.3, 0.4) is 0 Å². The quantitative estimate of drug-likeness (QED) is 0.870. The van der Waals surface area contributed by atoms with Crippen LogP contribution >= 0.6 is 0 Å². The van der Waals surface area contributed by atoms with Gasteiger partial charge in [0.15, 0.2) is 0 Å². The van der Waals surface area contributed by atoms with Crippen LogP contribution in [0.25, 0.3) is 0 Å². The molecule has 1 aliphatic carbocycles. The molecule has 6 heteroatoms. The number of urea groups is 1. The van der Waals surface area contributed by atoms with E-state index in [1.165, 1.54) is 12.8 Å². The Morgan fingerprint density at radius 2 is 1.78 bits per heavy atom. The van der Waals surface area contributed by atoms with Crippen molar-refractivity contribution in [3.8, 4) is 0 Å². The Balaban J connectivity index is 1.37. The van der Waals surface area contributed by atoms with E-state index in [1.807, 2.05) is 36.4 Å². The predicted molar refractivity (Wildman–Crippen MR) is 106 cm³/mol. The lowest BCUT2D eigenvalue weighted by Gasteiger charge is -2.18. The van der Waals surface area contributed by atoms with Gasteiger partial charge < -0.3 is 5.32 Å². The molecule has 2 fully saturated rings. The molecule has 2 heterocycles. The van der Waals surface area contributed by atoms with E-state index in [9.17, 15) is 9.59 Å². The molecule has 140 valence electrons. The normalized spacial score (nSPS) is 17.6. The fourth-order valence-electron chi connectivity index (χ4n) is 3.91. The Morgan fingerprint density at radius 1 is 1.04 bits per heavy atom. The SMILES string of the molecule is O=C(CC1CCCC1)Nc1ccc(N2CCN(c3ccccc3)C2=O)nc1. The number of pyridine rings is 1. The fourth-order valence-corrected chi connectivity index (χ4v) is 3.91. The van der Waals surface area contributed by atoms with E-state index in [0.717, 1.165) is 18.5 Å². The van der Waals surface area contributed by atoms with E-state index in [4.69, 9.17) is 0 Å². The third-order valence-corrected chi connectivity index (χ3v) is 5.33. The Hall–Kier alpha value is -2.89. The topological polar surface area (TPSA) is 65.5 Å². The van der Waals surface area contributed by atoms with Gasteiger partial charge in [0, 0.05) is 25.2 Å². The van der Waals surface area contributed by atoms with Crippen molar-refractivity contribution in [1.29, 1.82) is 0 Å². The summed E-state index contributed by atoms with van der Waals surface area (Å²) in [5.74, 6) is 1.17. The lowest BCUT2D eigenvalue weighted by molar-refractivity contribution is -0.117. The first-order chi connectivity index (χ1) is 13.2. The van der Waals surface area contributed by atoms with Crippen molar-refractivity contribution in [3.63, 3.8) is 0 Å². The predicted octanol–water partition coefficient (Wildman–Crippen LogP) is 4.05. The van der Waals surface area contributed by atoms with E-state index in [0.29, 0.717) is 36.9 Å². The summed E-state index contributed by atoms with van der Waals surface area (Å²) < 4.78 is 0. The fraction of sp³-hybridized carbons (Fsp3) is 0.381. The largest absolute Gasteiger partial charge is 0.330 e. The number of carbonyl (C=O) groups excluding carboxylic acids is 2. The molecule has 0 bridgehead atoms. The maximum atomic E-state index is 12.7. The van der Waals surface area contributed by atoms with Gasteiger partial charge in [-0.25, -0.2) is 9.78 Å². The molecule has 0 spiro atoms. The minimum Gasteiger partial charge on any atom is -0.325 e. The van der Waals surface area contributed by atoms with Crippen LogP contribution in [0, 0.1) is 5.92 Å². The van der Waals surface area contributed by atoms with Crippen molar-refractivity contribution < 1.29 is 9.59 Å². The first kappa shape index (κ1) is 17.5. The number of rotatable bonds is 5. The average molecular weight is 364 g/mol. The molecule has 0 unspecified atom stereocenters. The summed E-state index contributed by atoms with van der Waals surface area (Å²) in [6.07, 6.45) is 6.98. The monoisotopic (exact) mass is 364 g/mol. The number of nitrogens with one attached hydrogen (secondary N) is 1. The molecule has 1 N–H and O–H groups in total. The number of amides is 3. The van der Waals surface area contributed by atoms with Crippen LogP contribution < -0.4 is 15.1 Å². The molecule has 1 aromatic heterocycles. The van der Waals surface area contributed by atoms with Gasteiger partial charge in [0.25, 0.3) is 0 Å². The molecule has 1 saturated carbocycles. The lowest BCUT2D eigenvalue weighted by Crippen LogP contribution is -2.32. The molecule has 1 aromatic carbocycles. The molecule has 1 aliphatic heterocycles. The van der Waals surface area contributed by atoms with Gasteiger partial charge in [-0.3, -0.25) is 14.6 Å². The van der Waals surface area contributed by atoms with Gasteiger partial charge >= 0.3 is 6.03 Å². The maximum Gasteiger partial charge on any atom is 0.330 e. The molecule has 6 nitrogen and oxygen atoms in total. The first-order valence-electron chi connectivity index (χ1n) is 9.61. The summed E-state index contributed by atoms with van der Waals surface area (Å²) in [5.41, 5.74) is 1.56. The Labute approximate surface area is 159 Å². The highest BCUT2D eigenvalue weighted by molar-refractivity contribution is 6.05. The van der Waals surface area contributed by atoms with Gasteiger partial charge in [-0.15, -0.1) is 0 Å². The first-order valence-corrected chi connectivity index (χ1v) is 9.61. The van der Waals surface area contributed by atoms with Crippen LogP contribution in [0.1, 0.15) is 32.1 Å². The smallest absolute Gasteiger partial charge is 0.325 e. The van der Waals surface area contributed by atoms with E-state index in [2.05, 4.69) is 10.3 Å². The van der Waals surface area contributed by atoms with E-state index >= 15 is 0 Å². The number of anilines is 3. The van der Waals surface area contributed by atoms with E-state index in [1.54, 1.807) is 22.1 Å². The number of nitrogens with zero attached hydrogens (tertiary/aromatic N) is 3. The number of benzene rings is 1. The molecular weight excluding hydrogens is 340 g/mol. The van der Waals surface area contributed by atoms with Crippen molar-refractivity contribution in [3.05, 3.63) is 48.7 Å². The van der Waals surface area contributed by atoms with Crippen molar-refractivity contribution >= 4 is 29.1 Å². The molecule has 2 aliphatic rings. The minimum absolute atomic E-state index is 0.0453. The Bertz CT molecular complexity index is 801. The van der Waals surface area contributed by atoms with Crippen LogP contribution in [0.15, 0.2) is 48.7 Å². The number of hydrogen-bond acceptors (Lipinski definition) is 3. The average Bonchev–Trinajstić information content (AvgIpc) is 3.33. The number of aromatic nitrogens is 1. The highest BCUT2D eigenvalue weighted by atomic mass is 16.2. The van der Waals surface area contributed by atoms with Gasteiger partial charge in [0.2, 0.25) is 5.91 Å². The molecule has 0 radical (unpaired) electrons. The molecule has 2 aromatic rings. The molecule has 3 amide bonds. The second-order valence-electron chi connectivity index (χ2n) is 7.23. The second kappa shape index (κ2) is 7.78. The summed E-state index contributed by atoms with van der Waals surface area (Å²) in [6.45, 7) is 1.22. The van der Waals surface area contributed by atoms with Gasteiger partial charge in [-0.05, 0) is 43.0 Å². The van der Waals surface area contributed by atoms with Crippen LogP contribution in [0.4, 0.5) is 22.0 Å². The zero-order chi connectivity index (χ0) is 18.6. The van der Waals surface area contributed by atoms with Gasteiger partial charge in [0.05, 0.1) is 11.9 Å². The van der Waals surface area contributed by atoms with Crippen LogP contribution in [0.2, 0.25) is 0 Å². The van der Waals surface area contributed by atoms with Crippen molar-refractivity contribution in [2.24, 2.45) is 5.92 Å². The number of hydrogen-bond donors (Lipinski definition) is 1. The van der Waals surface area contributed by atoms with Gasteiger partial charge in [0.1, 0.15) is 5.82 Å².